The molecule has 1 N–H and O–H groups in total. The number of aryl methyl sites for hydroxylation is 1. The first kappa shape index (κ1) is 18.1. The van der Waals surface area contributed by atoms with Crippen LogP contribution < -0.4 is 5.32 Å². The third kappa shape index (κ3) is 3.77. The highest BCUT2D eigenvalue weighted by Gasteiger charge is 2.38. The molecule has 0 aromatic heterocycles. The molecule has 0 spiro atoms. The molecule has 2 aromatic carbocycles. The van der Waals surface area contributed by atoms with Gasteiger partial charge >= 0.3 is 0 Å². The smallest absolute Gasteiger partial charge is 0.225 e. The molecule has 0 bridgehead atoms. The van der Waals surface area contributed by atoms with Gasteiger partial charge in [0.1, 0.15) is 5.82 Å². The second-order valence-electron chi connectivity index (χ2n) is 6.79. The van der Waals surface area contributed by atoms with Crippen molar-refractivity contribution in [3.63, 3.8) is 0 Å². The zero-order chi connectivity index (χ0) is 18.7. The topological polar surface area (TPSA) is 49.4 Å². The molecule has 1 heterocycles. The molecule has 0 radical (unpaired) electrons. The van der Waals surface area contributed by atoms with E-state index in [4.69, 9.17) is 0 Å². The summed E-state index contributed by atoms with van der Waals surface area (Å²) in [4.78, 5) is 26.6. The number of hydrogen-bond donors (Lipinski definition) is 1. The summed E-state index contributed by atoms with van der Waals surface area (Å²) in [6.07, 6.45) is 0.835. The molecular formula is C21H23FN2O2. The number of benzene rings is 2. The van der Waals surface area contributed by atoms with E-state index in [0.29, 0.717) is 19.4 Å². The maximum Gasteiger partial charge on any atom is 0.225 e. The van der Waals surface area contributed by atoms with E-state index in [0.717, 1.165) is 16.7 Å². The number of halogens is 1. The molecule has 2 amide bonds. The molecule has 26 heavy (non-hydrogen) atoms. The first-order chi connectivity index (χ1) is 12.5. The predicted octanol–water partition coefficient (Wildman–Crippen LogP) is 3.36. The Morgan fingerprint density at radius 3 is 2.58 bits per heavy atom. The fourth-order valence-electron chi connectivity index (χ4n) is 3.55. The highest BCUT2D eigenvalue weighted by molar-refractivity contribution is 5.84. The molecule has 1 aliphatic rings. The van der Waals surface area contributed by atoms with Gasteiger partial charge in [-0.15, -0.1) is 0 Å². The Hall–Kier alpha value is -2.69. The molecular weight excluding hydrogens is 331 g/mol. The van der Waals surface area contributed by atoms with E-state index in [1.165, 1.54) is 12.1 Å². The summed E-state index contributed by atoms with van der Waals surface area (Å²) >= 11 is 0. The molecule has 0 saturated carbocycles. The fraction of sp³-hybridized carbons (Fsp3) is 0.333. The van der Waals surface area contributed by atoms with E-state index in [1.807, 2.05) is 31.2 Å². The van der Waals surface area contributed by atoms with Crippen LogP contribution in [0.3, 0.4) is 0 Å². The number of hydrogen-bond acceptors (Lipinski definition) is 2. The fourth-order valence-corrected chi connectivity index (χ4v) is 3.55. The minimum absolute atomic E-state index is 0.00211. The van der Waals surface area contributed by atoms with Crippen molar-refractivity contribution in [3.8, 4) is 0 Å². The van der Waals surface area contributed by atoms with E-state index in [1.54, 1.807) is 24.1 Å². The summed E-state index contributed by atoms with van der Waals surface area (Å²) in [5, 5.41) is 3.01. The lowest BCUT2D eigenvalue weighted by atomic mass is 9.84. The summed E-state index contributed by atoms with van der Waals surface area (Å²) in [6.45, 7) is 2.46. The number of rotatable bonds is 4. The lowest BCUT2D eigenvalue weighted by molar-refractivity contribution is -0.141. The van der Waals surface area contributed by atoms with Crippen molar-refractivity contribution in [3.05, 3.63) is 71.0 Å². The van der Waals surface area contributed by atoms with E-state index in [-0.39, 0.29) is 29.6 Å². The van der Waals surface area contributed by atoms with Crippen LogP contribution in [0.4, 0.5) is 4.39 Å². The van der Waals surface area contributed by atoms with Gasteiger partial charge in [-0.1, -0.05) is 36.4 Å². The molecule has 1 saturated heterocycles. The van der Waals surface area contributed by atoms with Gasteiger partial charge in [-0.2, -0.15) is 0 Å². The number of amides is 2. The van der Waals surface area contributed by atoms with Crippen molar-refractivity contribution in [1.82, 2.24) is 10.2 Å². The number of carbonyl (C=O) groups excluding carboxylic acids is 2. The summed E-state index contributed by atoms with van der Waals surface area (Å²) < 4.78 is 13.3. The summed E-state index contributed by atoms with van der Waals surface area (Å²) in [6, 6.07) is 13.6. The van der Waals surface area contributed by atoms with Crippen LogP contribution in [0, 0.1) is 18.7 Å². The third-order valence-electron chi connectivity index (χ3n) is 5.12. The zero-order valence-electron chi connectivity index (χ0n) is 15.0. The van der Waals surface area contributed by atoms with E-state index >= 15 is 0 Å². The van der Waals surface area contributed by atoms with Crippen LogP contribution in [0.2, 0.25) is 0 Å². The van der Waals surface area contributed by atoms with Gasteiger partial charge in [0.15, 0.2) is 0 Å². The van der Waals surface area contributed by atoms with Crippen LogP contribution in [-0.4, -0.2) is 23.8 Å². The quantitative estimate of drug-likeness (QED) is 0.915. The largest absolute Gasteiger partial charge is 0.352 e. The molecule has 2 aromatic rings. The molecule has 5 heteroatoms. The summed E-state index contributed by atoms with van der Waals surface area (Å²) in [5.74, 6) is -0.768. The molecule has 3 rings (SSSR count). The third-order valence-corrected chi connectivity index (χ3v) is 5.12. The normalized spacial score (nSPS) is 20.1. The van der Waals surface area contributed by atoms with Gasteiger partial charge in [-0.3, -0.25) is 9.59 Å². The maximum atomic E-state index is 13.3. The van der Waals surface area contributed by atoms with Gasteiger partial charge in [-0.05, 0) is 42.2 Å². The van der Waals surface area contributed by atoms with Gasteiger partial charge in [-0.25, -0.2) is 4.39 Å². The van der Waals surface area contributed by atoms with Crippen LogP contribution in [0.15, 0.2) is 48.5 Å². The standard InChI is InChI=1S/C21H23FN2O2/c1-14-5-3-4-6-16(14)13-23-21(26)18-11-12-19(25)24(2)20(18)15-7-9-17(22)10-8-15/h3-10,18,20H,11-13H2,1-2H3,(H,23,26)/t18-,20+/m1/s1. The minimum Gasteiger partial charge on any atom is -0.352 e. The van der Waals surface area contributed by atoms with Gasteiger partial charge in [0.25, 0.3) is 0 Å². The number of piperidine rings is 1. The number of likely N-dealkylation sites (tertiary alicyclic amines) is 1. The molecule has 0 aliphatic carbocycles. The lowest BCUT2D eigenvalue weighted by Crippen LogP contribution is -2.46. The SMILES string of the molecule is Cc1ccccc1CNC(=O)[C@@H]1CCC(=O)N(C)[C@H]1c1ccc(F)cc1. The van der Waals surface area contributed by atoms with Crippen molar-refractivity contribution in [1.29, 1.82) is 0 Å². The second-order valence-corrected chi connectivity index (χ2v) is 6.79. The van der Waals surface area contributed by atoms with Crippen LogP contribution in [0.25, 0.3) is 0 Å². The zero-order valence-corrected chi connectivity index (χ0v) is 15.0. The maximum absolute atomic E-state index is 13.3. The Kier molecular flexibility index (Phi) is 5.35. The monoisotopic (exact) mass is 354 g/mol. The van der Waals surface area contributed by atoms with Crippen molar-refractivity contribution >= 4 is 11.8 Å². The van der Waals surface area contributed by atoms with Crippen LogP contribution in [0.1, 0.15) is 35.6 Å². The molecule has 1 fully saturated rings. The summed E-state index contributed by atoms with van der Waals surface area (Å²) in [5.41, 5.74) is 2.97. The van der Waals surface area contributed by atoms with Gasteiger partial charge < -0.3 is 10.2 Å². The Balaban J connectivity index is 1.79. The minimum atomic E-state index is -0.381. The Morgan fingerprint density at radius 1 is 1.19 bits per heavy atom. The predicted molar refractivity (Wildman–Crippen MR) is 97.7 cm³/mol. The highest BCUT2D eigenvalue weighted by Crippen LogP contribution is 2.36. The number of nitrogens with one attached hydrogen (secondary N) is 1. The lowest BCUT2D eigenvalue weighted by Gasteiger charge is -2.38. The van der Waals surface area contributed by atoms with E-state index < -0.39 is 0 Å². The Morgan fingerprint density at radius 2 is 1.88 bits per heavy atom. The van der Waals surface area contributed by atoms with Gasteiger partial charge in [0.2, 0.25) is 11.8 Å². The molecule has 2 atom stereocenters. The average molecular weight is 354 g/mol. The van der Waals surface area contributed by atoms with Crippen molar-refractivity contribution in [2.24, 2.45) is 5.92 Å². The molecule has 136 valence electrons. The highest BCUT2D eigenvalue weighted by atomic mass is 19.1. The van der Waals surface area contributed by atoms with Crippen molar-refractivity contribution in [2.75, 3.05) is 7.05 Å². The molecule has 0 unspecified atom stereocenters. The molecule has 1 aliphatic heterocycles. The molecule has 4 nitrogen and oxygen atoms in total. The van der Waals surface area contributed by atoms with Crippen molar-refractivity contribution in [2.45, 2.75) is 32.4 Å². The van der Waals surface area contributed by atoms with Gasteiger partial charge in [0.05, 0.1) is 12.0 Å². The number of nitrogens with zero attached hydrogens (tertiary/aromatic N) is 1. The second kappa shape index (κ2) is 7.68. The van der Waals surface area contributed by atoms with E-state index in [9.17, 15) is 14.0 Å². The van der Waals surface area contributed by atoms with Gasteiger partial charge in [0, 0.05) is 20.0 Å². The first-order valence-electron chi connectivity index (χ1n) is 8.80. The Labute approximate surface area is 153 Å². The van der Waals surface area contributed by atoms with Crippen LogP contribution >= 0.6 is 0 Å². The van der Waals surface area contributed by atoms with Crippen LogP contribution in [0.5, 0.6) is 0 Å². The first-order valence-corrected chi connectivity index (χ1v) is 8.80. The van der Waals surface area contributed by atoms with E-state index in [2.05, 4.69) is 5.32 Å². The summed E-state index contributed by atoms with van der Waals surface area (Å²) in [7, 11) is 1.71. The average Bonchev–Trinajstić information content (AvgIpc) is 2.64. The Bertz CT molecular complexity index is 804. The number of carbonyl (C=O) groups is 2. The van der Waals surface area contributed by atoms with Crippen LogP contribution in [-0.2, 0) is 16.1 Å². The van der Waals surface area contributed by atoms with Crippen molar-refractivity contribution < 1.29 is 14.0 Å².